The molecule has 0 amide bonds. The second-order valence-corrected chi connectivity index (χ2v) is 4.58. The molecule has 0 saturated carbocycles. The van der Waals surface area contributed by atoms with Gasteiger partial charge in [0.25, 0.3) is 0 Å². The number of hydrogen-bond donors (Lipinski definition) is 1. The molecule has 3 nitrogen and oxygen atoms in total. The van der Waals surface area contributed by atoms with E-state index in [0.717, 1.165) is 12.8 Å². The molecule has 1 rings (SSSR count). The Balaban J connectivity index is 2.75. The quantitative estimate of drug-likeness (QED) is 0.796. The number of halogens is 2. The van der Waals surface area contributed by atoms with Crippen LogP contribution in [0.2, 0.25) is 0 Å². The second-order valence-electron chi connectivity index (χ2n) is 4.32. The molecule has 0 atom stereocenters. The summed E-state index contributed by atoms with van der Waals surface area (Å²) in [5.41, 5.74) is 0.347. The first-order chi connectivity index (χ1) is 8.08. The van der Waals surface area contributed by atoms with Crippen molar-refractivity contribution in [2.45, 2.75) is 33.6 Å². The van der Waals surface area contributed by atoms with Gasteiger partial charge in [-0.15, -0.1) is 11.6 Å². The van der Waals surface area contributed by atoms with Gasteiger partial charge in [0.2, 0.25) is 0 Å². The number of anilines is 1. The van der Waals surface area contributed by atoms with Crippen LogP contribution in [-0.2, 0) is 0 Å². The van der Waals surface area contributed by atoms with Gasteiger partial charge in [0, 0.05) is 17.8 Å². The van der Waals surface area contributed by atoms with Gasteiger partial charge < -0.3 is 5.32 Å². The highest BCUT2D eigenvalue weighted by atomic mass is 35.5. The summed E-state index contributed by atoms with van der Waals surface area (Å²) in [7, 11) is 0. The molecular weight excluding hydrogens is 241 g/mol. The third-order valence-electron chi connectivity index (χ3n) is 3.38. The molecule has 0 saturated heterocycles. The lowest BCUT2D eigenvalue weighted by molar-refractivity contribution is 0.326. The minimum atomic E-state index is -0.386. The van der Waals surface area contributed by atoms with Gasteiger partial charge >= 0.3 is 0 Å². The highest BCUT2D eigenvalue weighted by Gasteiger charge is 2.25. The van der Waals surface area contributed by atoms with Crippen molar-refractivity contribution < 1.29 is 4.39 Å². The molecule has 0 aromatic carbocycles. The minimum Gasteiger partial charge on any atom is -0.367 e. The molecule has 0 unspecified atom stereocenters. The highest BCUT2D eigenvalue weighted by Crippen LogP contribution is 2.28. The maximum Gasteiger partial charge on any atom is 0.186 e. The van der Waals surface area contributed by atoms with Crippen LogP contribution >= 0.6 is 11.6 Å². The first-order valence-corrected chi connectivity index (χ1v) is 6.39. The summed E-state index contributed by atoms with van der Waals surface area (Å²) in [6, 6.07) is 0. The molecule has 0 aliphatic carbocycles. The lowest BCUT2D eigenvalue weighted by Crippen LogP contribution is -2.31. The van der Waals surface area contributed by atoms with Gasteiger partial charge in [-0.25, -0.2) is 14.4 Å². The van der Waals surface area contributed by atoms with E-state index < -0.39 is 0 Å². The fourth-order valence-electron chi connectivity index (χ4n) is 1.59. The Morgan fingerprint density at radius 1 is 1.35 bits per heavy atom. The Morgan fingerprint density at radius 2 is 2.00 bits per heavy atom. The van der Waals surface area contributed by atoms with Gasteiger partial charge in [-0.3, -0.25) is 0 Å². The summed E-state index contributed by atoms with van der Waals surface area (Å²) in [6.07, 6.45) is 3.26. The van der Waals surface area contributed by atoms with E-state index in [-0.39, 0.29) is 17.1 Å². The first kappa shape index (κ1) is 14.2. The van der Waals surface area contributed by atoms with Crippen LogP contribution in [0.5, 0.6) is 0 Å². The SMILES string of the molecule is CCC(CC)(CCl)CNc1ncnc(C)c1F. The van der Waals surface area contributed by atoms with Gasteiger partial charge in [0.1, 0.15) is 6.33 Å². The average molecular weight is 260 g/mol. The predicted octanol–water partition coefficient (Wildman–Crippen LogP) is 3.38. The third kappa shape index (κ3) is 3.28. The molecule has 17 heavy (non-hydrogen) atoms. The van der Waals surface area contributed by atoms with Gasteiger partial charge in [-0.2, -0.15) is 0 Å². The van der Waals surface area contributed by atoms with Crippen molar-refractivity contribution in [2.75, 3.05) is 17.7 Å². The van der Waals surface area contributed by atoms with Crippen LogP contribution in [0.15, 0.2) is 6.33 Å². The van der Waals surface area contributed by atoms with E-state index >= 15 is 0 Å². The zero-order valence-electron chi connectivity index (χ0n) is 10.6. The van der Waals surface area contributed by atoms with Crippen LogP contribution < -0.4 is 5.32 Å². The molecule has 0 aliphatic heterocycles. The monoisotopic (exact) mass is 259 g/mol. The van der Waals surface area contributed by atoms with E-state index in [1.54, 1.807) is 6.92 Å². The van der Waals surface area contributed by atoms with Crippen LogP contribution in [0.1, 0.15) is 32.4 Å². The molecule has 0 fully saturated rings. The molecule has 0 spiro atoms. The molecule has 0 radical (unpaired) electrons. The van der Waals surface area contributed by atoms with Crippen LogP contribution in [0.4, 0.5) is 10.2 Å². The van der Waals surface area contributed by atoms with E-state index in [1.165, 1.54) is 6.33 Å². The Labute approximate surface area is 107 Å². The molecular formula is C12H19ClFN3. The zero-order chi connectivity index (χ0) is 12.9. The fourth-order valence-corrected chi connectivity index (χ4v) is 2.06. The number of aryl methyl sites for hydroxylation is 1. The van der Waals surface area contributed by atoms with E-state index in [2.05, 4.69) is 29.1 Å². The highest BCUT2D eigenvalue weighted by molar-refractivity contribution is 6.18. The maximum atomic E-state index is 13.7. The molecule has 0 aliphatic rings. The standard InChI is InChI=1S/C12H19ClFN3/c1-4-12(5-2,6-13)7-15-11-10(14)9(3)16-8-17-11/h8H,4-7H2,1-3H3,(H,15,16,17). The summed E-state index contributed by atoms with van der Waals surface area (Å²) in [5, 5.41) is 3.04. The number of aromatic nitrogens is 2. The molecule has 1 heterocycles. The lowest BCUT2D eigenvalue weighted by atomic mass is 9.84. The van der Waals surface area contributed by atoms with Gasteiger partial charge in [-0.05, 0) is 19.8 Å². The van der Waals surface area contributed by atoms with Crippen LogP contribution in [0.25, 0.3) is 0 Å². The van der Waals surface area contributed by atoms with Crippen molar-refractivity contribution >= 4 is 17.4 Å². The summed E-state index contributed by atoms with van der Waals surface area (Å²) in [4.78, 5) is 7.70. The average Bonchev–Trinajstić information content (AvgIpc) is 2.36. The molecule has 0 bridgehead atoms. The molecule has 1 aromatic rings. The summed E-state index contributed by atoms with van der Waals surface area (Å²) in [6.45, 7) is 6.43. The first-order valence-electron chi connectivity index (χ1n) is 5.85. The smallest absolute Gasteiger partial charge is 0.186 e. The van der Waals surface area contributed by atoms with E-state index in [0.29, 0.717) is 18.1 Å². The normalized spacial score (nSPS) is 11.6. The van der Waals surface area contributed by atoms with Crippen molar-refractivity contribution in [1.82, 2.24) is 9.97 Å². The predicted molar refractivity (Wildman–Crippen MR) is 69.0 cm³/mol. The van der Waals surface area contributed by atoms with Crippen LogP contribution in [0.3, 0.4) is 0 Å². The fraction of sp³-hybridized carbons (Fsp3) is 0.667. The van der Waals surface area contributed by atoms with Crippen LogP contribution in [0, 0.1) is 18.2 Å². The second kappa shape index (κ2) is 6.15. The molecule has 1 aromatic heterocycles. The minimum absolute atomic E-state index is 0.00709. The Bertz CT molecular complexity index is 359. The van der Waals surface area contributed by atoms with Crippen molar-refractivity contribution in [3.05, 3.63) is 17.8 Å². The number of rotatable bonds is 6. The number of nitrogens with zero attached hydrogens (tertiary/aromatic N) is 2. The van der Waals surface area contributed by atoms with E-state index in [1.807, 2.05) is 0 Å². The van der Waals surface area contributed by atoms with Crippen molar-refractivity contribution in [3.8, 4) is 0 Å². The van der Waals surface area contributed by atoms with Crippen LogP contribution in [-0.4, -0.2) is 22.4 Å². The summed E-state index contributed by atoms with van der Waals surface area (Å²) >= 11 is 6.00. The zero-order valence-corrected chi connectivity index (χ0v) is 11.3. The molecule has 96 valence electrons. The van der Waals surface area contributed by atoms with E-state index in [9.17, 15) is 4.39 Å². The topological polar surface area (TPSA) is 37.8 Å². The Kier molecular flexibility index (Phi) is 5.12. The summed E-state index contributed by atoms with van der Waals surface area (Å²) < 4.78 is 13.7. The molecule has 1 N–H and O–H groups in total. The summed E-state index contributed by atoms with van der Waals surface area (Å²) in [5.74, 6) is 0.427. The van der Waals surface area contributed by atoms with Crippen molar-refractivity contribution in [1.29, 1.82) is 0 Å². The van der Waals surface area contributed by atoms with Crippen molar-refractivity contribution in [2.24, 2.45) is 5.41 Å². The van der Waals surface area contributed by atoms with Gasteiger partial charge in [-0.1, -0.05) is 13.8 Å². The Morgan fingerprint density at radius 3 is 2.53 bits per heavy atom. The third-order valence-corrected chi connectivity index (χ3v) is 3.95. The molecule has 5 heteroatoms. The van der Waals surface area contributed by atoms with Gasteiger partial charge in [0.05, 0.1) is 5.69 Å². The number of hydrogen-bond acceptors (Lipinski definition) is 3. The Hall–Kier alpha value is -0.900. The van der Waals surface area contributed by atoms with Gasteiger partial charge in [0.15, 0.2) is 11.6 Å². The van der Waals surface area contributed by atoms with E-state index in [4.69, 9.17) is 11.6 Å². The number of alkyl halides is 1. The largest absolute Gasteiger partial charge is 0.367 e. The number of nitrogens with one attached hydrogen (secondary N) is 1. The van der Waals surface area contributed by atoms with Crippen molar-refractivity contribution in [3.63, 3.8) is 0 Å². The maximum absolute atomic E-state index is 13.7. The lowest BCUT2D eigenvalue weighted by Gasteiger charge is -2.29.